The van der Waals surface area contributed by atoms with E-state index in [1.165, 1.54) is 28.4 Å². The van der Waals surface area contributed by atoms with Crippen molar-refractivity contribution >= 4 is 39.9 Å². The van der Waals surface area contributed by atoms with Gasteiger partial charge in [0.1, 0.15) is 5.01 Å². The molecule has 0 unspecified atom stereocenters. The largest absolute Gasteiger partial charge is 0.296 e. The van der Waals surface area contributed by atoms with Crippen LogP contribution in [0.25, 0.3) is 0 Å². The van der Waals surface area contributed by atoms with Gasteiger partial charge in [0.2, 0.25) is 5.13 Å². The Morgan fingerprint density at radius 3 is 2.56 bits per heavy atom. The lowest BCUT2D eigenvalue weighted by atomic mass is 10.1. The summed E-state index contributed by atoms with van der Waals surface area (Å²) >= 11 is 1.35. The molecule has 2 heterocycles. The van der Waals surface area contributed by atoms with Crippen LogP contribution >= 0.6 is 11.3 Å². The van der Waals surface area contributed by atoms with Crippen LogP contribution in [0.5, 0.6) is 0 Å². The number of nitrogens with one attached hydrogen (secondary N) is 1. The van der Waals surface area contributed by atoms with E-state index in [-0.39, 0.29) is 17.0 Å². The molecule has 0 aliphatic carbocycles. The second-order valence-electron chi connectivity index (χ2n) is 7.91. The van der Waals surface area contributed by atoms with Gasteiger partial charge in [-0.15, -0.1) is 10.2 Å². The first-order chi connectivity index (χ1) is 15.4. The lowest BCUT2D eigenvalue weighted by molar-refractivity contribution is 0.0925. The van der Waals surface area contributed by atoms with E-state index in [1.54, 1.807) is 6.07 Å². The SMILES string of the molecule is CCCCCc1nnc(NC(=O)c2ccc3c(c2)C(=O)N(c2cc(C)ccc2C)C3=O)s1. The Morgan fingerprint density at radius 1 is 1.00 bits per heavy atom. The fourth-order valence-corrected chi connectivity index (χ4v) is 4.44. The van der Waals surface area contributed by atoms with E-state index in [1.807, 2.05) is 32.0 Å². The first kappa shape index (κ1) is 21.8. The van der Waals surface area contributed by atoms with Gasteiger partial charge in [-0.05, 0) is 55.7 Å². The molecule has 8 heteroatoms. The van der Waals surface area contributed by atoms with Gasteiger partial charge in [0.15, 0.2) is 0 Å². The number of imide groups is 1. The van der Waals surface area contributed by atoms with Gasteiger partial charge < -0.3 is 0 Å². The summed E-state index contributed by atoms with van der Waals surface area (Å²) in [5.74, 6) is -1.21. The second kappa shape index (κ2) is 9.00. The first-order valence-corrected chi connectivity index (χ1v) is 11.4. The zero-order valence-corrected chi connectivity index (χ0v) is 19.1. The topological polar surface area (TPSA) is 92.3 Å². The van der Waals surface area contributed by atoms with Crippen molar-refractivity contribution in [2.24, 2.45) is 0 Å². The Hall–Kier alpha value is -3.39. The van der Waals surface area contributed by atoms with Crippen molar-refractivity contribution in [2.45, 2.75) is 46.5 Å². The molecule has 0 atom stereocenters. The van der Waals surface area contributed by atoms with Crippen LogP contribution in [0.1, 0.15) is 73.4 Å². The van der Waals surface area contributed by atoms with Gasteiger partial charge in [-0.3, -0.25) is 19.7 Å². The summed E-state index contributed by atoms with van der Waals surface area (Å²) in [7, 11) is 0. The second-order valence-corrected chi connectivity index (χ2v) is 8.97. The van der Waals surface area contributed by atoms with Gasteiger partial charge in [0.05, 0.1) is 16.8 Å². The van der Waals surface area contributed by atoms with E-state index >= 15 is 0 Å². The summed E-state index contributed by atoms with van der Waals surface area (Å²) in [5.41, 5.74) is 3.15. The Balaban J connectivity index is 1.53. The number of aryl methyl sites for hydroxylation is 3. The smallest absolute Gasteiger partial charge is 0.266 e. The van der Waals surface area contributed by atoms with Crippen molar-refractivity contribution in [1.82, 2.24) is 10.2 Å². The number of unbranched alkanes of at least 4 members (excludes halogenated alkanes) is 2. The van der Waals surface area contributed by atoms with Gasteiger partial charge in [0.25, 0.3) is 17.7 Å². The number of hydrogen-bond donors (Lipinski definition) is 1. The van der Waals surface area contributed by atoms with Gasteiger partial charge in [-0.1, -0.05) is 43.2 Å². The number of nitrogens with zero attached hydrogens (tertiary/aromatic N) is 3. The maximum atomic E-state index is 13.1. The third-order valence-electron chi connectivity index (χ3n) is 5.44. The molecule has 0 bridgehead atoms. The molecule has 0 saturated heterocycles. The highest BCUT2D eigenvalue weighted by atomic mass is 32.1. The van der Waals surface area contributed by atoms with Gasteiger partial charge in [-0.2, -0.15) is 0 Å². The molecule has 4 rings (SSSR count). The van der Waals surface area contributed by atoms with Crippen molar-refractivity contribution in [1.29, 1.82) is 0 Å². The molecule has 164 valence electrons. The van der Waals surface area contributed by atoms with Gasteiger partial charge in [0, 0.05) is 12.0 Å². The van der Waals surface area contributed by atoms with Crippen molar-refractivity contribution in [3.8, 4) is 0 Å². The molecule has 32 heavy (non-hydrogen) atoms. The quantitative estimate of drug-likeness (QED) is 0.408. The zero-order valence-electron chi connectivity index (χ0n) is 18.3. The molecule has 0 radical (unpaired) electrons. The Kier molecular flexibility index (Phi) is 6.14. The van der Waals surface area contributed by atoms with Crippen LogP contribution in [0.3, 0.4) is 0 Å². The maximum absolute atomic E-state index is 13.1. The number of benzene rings is 2. The number of rotatable bonds is 7. The first-order valence-electron chi connectivity index (χ1n) is 10.6. The normalized spacial score (nSPS) is 12.9. The Labute approximate surface area is 190 Å². The van der Waals surface area contributed by atoms with E-state index in [9.17, 15) is 14.4 Å². The number of aromatic nitrogens is 2. The highest BCUT2D eigenvalue weighted by Crippen LogP contribution is 2.32. The number of carbonyl (C=O) groups is 3. The summed E-state index contributed by atoms with van der Waals surface area (Å²) in [5, 5.41) is 12.2. The minimum Gasteiger partial charge on any atom is -0.296 e. The van der Waals surface area contributed by atoms with Gasteiger partial charge >= 0.3 is 0 Å². The molecule has 0 fully saturated rings. The average Bonchev–Trinajstić information content (AvgIpc) is 3.32. The molecule has 1 aliphatic heterocycles. The number of carbonyl (C=O) groups excluding carboxylic acids is 3. The average molecular weight is 449 g/mol. The summed E-state index contributed by atoms with van der Waals surface area (Å²) < 4.78 is 0. The molecule has 3 amide bonds. The number of fused-ring (bicyclic) bond motifs is 1. The van der Waals surface area contributed by atoms with E-state index in [2.05, 4.69) is 22.4 Å². The highest BCUT2D eigenvalue weighted by molar-refractivity contribution is 7.15. The summed E-state index contributed by atoms with van der Waals surface area (Å²) in [6.45, 7) is 5.91. The number of hydrogen-bond acceptors (Lipinski definition) is 6. The lowest BCUT2D eigenvalue weighted by Gasteiger charge is -2.17. The fraction of sp³-hybridized carbons (Fsp3) is 0.292. The molecule has 0 spiro atoms. The van der Waals surface area contributed by atoms with E-state index in [0.717, 1.165) is 41.8 Å². The van der Waals surface area contributed by atoms with Crippen LogP contribution < -0.4 is 10.2 Å². The third kappa shape index (κ3) is 4.18. The van der Waals surface area contributed by atoms with Crippen LogP contribution in [-0.2, 0) is 6.42 Å². The molecule has 3 aromatic rings. The van der Waals surface area contributed by atoms with Crippen molar-refractivity contribution in [2.75, 3.05) is 10.2 Å². The van der Waals surface area contributed by atoms with E-state index in [4.69, 9.17) is 0 Å². The standard InChI is InChI=1S/C24H24N4O3S/c1-4-5-6-7-20-26-27-24(32-20)25-21(29)16-10-11-17-18(13-16)23(31)28(22(17)30)19-12-14(2)8-9-15(19)3/h8-13H,4-7H2,1-3H3,(H,25,27,29). The molecule has 2 aromatic carbocycles. The van der Waals surface area contributed by atoms with Crippen molar-refractivity contribution in [3.63, 3.8) is 0 Å². The zero-order chi connectivity index (χ0) is 22.8. The van der Waals surface area contributed by atoms with Crippen LogP contribution in [0.2, 0.25) is 0 Å². The van der Waals surface area contributed by atoms with E-state index < -0.39 is 11.8 Å². The molecular formula is C24H24N4O3S. The molecule has 1 N–H and O–H groups in total. The molecule has 1 aromatic heterocycles. The van der Waals surface area contributed by atoms with E-state index in [0.29, 0.717) is 16.4 Å². The summed E-state index contributed by atoms with van der Waals surface area (Å²) in [6, 6.07) is 10.2. The minimum atomic E-state index is -0.428. The van der Waals surface area contributed by atoms with Crippen molar-refractivity contribution < 1.29 is 14.4 Å². The number of anilines is 2. The van der Waals surface area contributed by atoms with Crippen molar-refractivity contribution in [3.05, 3.63) is 69.2 Å². The summed E-state index contributed by atoms with van der Waals surface area (Å²) in [4.78, 5) is 40.0. The van der Waals surface area contributed by atoms with Gasteiger partial charge in [-0.25, -0.2) is 4.90 Å². The van der Waals surface area contributed by atoms with Crippen LogP contribution in [-0.4, -0.2) is 27.9 Å². The molecular weight excluding hydrogens is 424 g/mol. The fourth-order valence-electron chi connectivity index (χ4n) is 3.66. The number of amides is 3. The predicted octanol–water partition coefficient (Wildman–Crippen LogP) is 4.94. The molecule has 0 saturated carbocycles. The molecule has 7 nitrogen and oxygen atoms in total. The minimum absolute atomic E-state index is 0.223. The molecule has 1 aliphatic rings. The highest BCUT2D eigenvalue weighted by Gasteiger charge is 2.37. The Morgan fingerprint density at radius 2 is 1.78 bits per heavy atom. The predicted molar refractivity (Wildman–Crippen MR) is 125 cm³/mol. The summed E-state index contributed by atoms with van der Waals surface area (Å²) in [6.07, 6.45) is 4.13. The van der Waals surface area contributed by atoms with Crippen LogP contribution in [0.4, 0.5) is 10.8 Å². The third-order valence-corrected chi connectivity index (χ3v) is 6.33. The Bertz CT molecular complexity index is 1220. The monoisotopic (exact) mass is 448 g/mol. The maximum Gasteiger partial charge on any atom is 0.266 e. The lowest BCUT2D eigenvalue weighted by Crippen LogP contribution is -2.30. The van der Waals surface area contributed by atoms with Crippen LogP contribution in [0, 0.1) is 13.8 Å². The van der Waals surface area contributed by atoms with Crippen LogP contribution in [0.15, 0.2) is 36.4 Å².